The standard InChI is InChI=1S/C15H22ClFN2.ClH/c1-10(18)13-4-3-7-19(9-13)11(2)12-5-6-15(17)14(16)8-12;/h5-6,8,10-11,13H,3-4,7,9,18H2,1-2H3;1H. The molecular formula is C15H23Cl2FN2. The number of benzene rings is 1. The number of rotatable bonds is 3. The Bertz CT molecular complexity index is 440. The highest BCUT2D eigenvalue weighted by atomic mass is 35.5. The van der Waals surface area contributed by atoms with E-state index in [2.05, 4.69) is 18.7 Å². The fourth-order valence-corrected chi connectivity index (χ4v) is 2.99. The van der Waals surface area contributed by atoms with Crippen LogP contribution in [0.2, 0.25) is 5.02 Å². The molecule has 0 amide bonds. The molecule has 1 aromatic rings. The zero-order chi connectivity index (χ0) is 14.0. The van der Waals surface area contributed by atoms with Crippen molar-refractivity contribution in [2.45, 2.75) is 38.8 Å². The first-order valence-corrected chi connectivity index (χ1v) is 7.31. The Morgan fingerprint density at radius 1 is 1.40 bits per heavy atom. The molecule has 2 N–H and O–H groups in total. The highest BCUT2D eigenvalue weighted by Gasteiger charge is 2.26. The molecule has 0 aromatic heterocycles. The van der Waals surface area contributed by atoms with Crippen LogP contribution in [0.5, 0.6) is 0 Å². The molecular weight excluding hydrogens is 298 g/mol. The lowest BCUT2D eigenvalue weighted by molar-refractivity contribution is 0.121. The van der Waals surface area contributed by atoms with Crippen molar-refractivity contribution in [1.29, 1.82) is 0 Å². The molecule has 1 fully saturated rings. The summed E-state index contributed by atoms with van der Waals surface area (Å²) < 4.78 is 13.2. The van der Waals surface area contributed by atoms with E-state index in [9.17, 15) is 4.39 Å². The summed E-state index contributed by atoms with van der Waals surface area (Å²) >= 11 is 5.86. The van der Waals surface area contributed by atoms with E-state index in [-0.39, 0.29) is 35.3 Å². The van der Waals surface area contributed by atoms with E-state index in [0.29, 0.717) is 5.92 Å². The number of nitrogens with zero attached hydrogens (tertiary/aromatic N) is 1. The molecule has 1 aliphatic rings. The Balaban J connectivity index is 0.00000200. The maximum absolute atomic E-state index is 13.2. The van der Waals surface area contributed by atoms with Gasteiger partial charge in [-0.15, -0.1) is 12.4 Å². The summed E-state index contributed by atoms with van der Waals surface area (Å²) in [5.41, 5.74) is 7.08. The molecule has 3 unspecified atom stereocenters. The lowest BCUT2D eigenvalue weighted by atomic mass is 9.90. The van der Waals surface area contributed by atoms with Gasteiger partial charge in [0.25, 0.3) is 0 Å². The Kier molecular flexibility index (Phi) is 6.73. The summed E-state index contributed by atoms with van der Waals surface area (Å²) in [6.07, 6.45) is 2.37. The molecule has 0 saturated carbocycles. The van der Waals surface area contributed by atoms with E-state index < -0.39 is 0 Å². The smallest absolute Gasteiger partial charge is 0.141 e. The van der Waals surface area contributed by atoms with Gasteiger partial charge in [-0.25, -0.2) is 4.39 Å². The van der Waals surface area contributed by atoms with Crippen LogP contribution in [0.1, 0.15) is 38.3 Å². The van der Waals surface area contributed by atoms with E-state index in [0.717, 1.165) is 18.7 Å². The van der Waals surface area contributed by atoms with Crippen molar-refractivity contribution < 1.29 is 4.39 Å². The van der Waals surface area contributed by atoms with Gasteiger partial charge in [0.2, 0.25) is 0 Å². The van der Waals surface area contributed by atoms with Gasteiger partial charge in [0.05, 0.1) is 5.02 Å². The zero-order valence-corrected chi connectivity index (χ0v) is 13.6. The third-order valence-electron chi connectivity index (χ3n) is 4.21. The van der Waals surface area contributed by atoms with Crippen LogP contribution in [-0.2, 0) is 0 Å². The van der Waals surface area contributed by atoms with Crippen LogP contribution in [-0.4, -0.2) is 24.0 Å². The predicted octanol–water partition coefficient (Wildman–Crippen LogP) is 4.02. The SMILES string of the molecule is CC(N)C1CCCN(C(C)c2ccc(F)c(Cl)c2)C1.Cl. The van der Waals surface area contributed by atoms with Gasteiger partial charge in [0, 0.05) is 18.6 Å². The van der Waals surface area contributed by atoms with Crippen molar-refractivity contribution in [3.05, 3.63) is 34.6 Å². The first kappa shape index (κ1) is 17.7. The molecule has 114 valence electrons. The van der Waals surface area contributed by atoms with Gasteiger partial charge in [0.15, 0.2) is 0 Å². The van der Waals surface area contributed by atoms with Crippen molar-refractivity contribution in [3.63, 3.8) is 0 Å². The Morgan fingerprint density at radius 3 is 2.70 bits per heavy atom. The van der Waals surface area contributed by atoms with Gasteiger partial charge in [0.1, 0.15) is 5.82 Å². The topological polar surface area (TPSA) is 29.3 Å². The molecule has 0 spiro atoms. The minimum absolute atomic E-state index is 0. The summed E-state index contributed by atoms with van der Waals surface area (Å²) in [4.78, 5) is 2.42. The maximum atomic E-state index is 13.2. The second-order valence-corrected chi connectivity index (χ2v) is 6.01. The highest BCUT2D eigenvalue weighted by Crippen LogP contribution is 2.29. The highest BCUT2D eigenvalue weighted by molar-refractivity contribution is 6.30. The molecule has 1 heterocycles. The lowest BCUT2D eigenvalue weighted by Gasteiger charge is -2.38. The Morgan fingerprint density at radius 2 is 2.10 bits per heavy atom. The summed E-state index contributed by atoms with van der Waals surface area (Å²) in [6.45, 7) is 6.30. The van der Waals surface area contributed by atoms with E-state index in [4.69, 9.17) is 17.3 Å². The Hall–Kier alpha value is -0.350. The molecule has 1 saturated heterocycles. The number of halogens is 3. The van der Waals surface area contributed by atoms with Gasteiger partial charge >= 0.3 is 0 Å². The first-order chi connectivity index (χ1) is 8.99. The molecule has 0 bridgehead atoms. The van der Waals surface area contributed by atoms with Crippen molar-refractivity contribution in [2.24, 2.45) is 11.7 Å². The van der Waals surface area contributed by atoms with Crippen LogP contribution >= 0.6 is 24.0 Å². The van der Waals surface area contributed by atoms with Crippen molar-refractivity contribution in [2.75, 3.05) is 13.1 Å². The van der Waals surface area contributed by atoms with E-state index in [1.165, 1.54) is 18.9 Å². The molecule has 2 nitrogen and oxygen atoms in total. The Labute approximate surface area is 131 Å². The number of hydrogen-bond acceptors (Lipinski definition) is 2. The molecule has 20 heavy (non-hydrogen) atoms. The zero-order valence-electron chi connectivity index (χ0n) is 12.0. The molecule has 0 radical (unpaired) electrons. The van der Waals surface area contributed by atoms with Crippen LogP contribution in [0.4, 0.5) is 4.39 Å². The third-order valence-corrected chi connectivity index (χ3v) is 4.50. The fourth-order valence-electron chi connectivity index (χ4n) is 2.80. The average molecular weight is 321 g/mol. The van der Waals surface area contributed by atoms with Crippen LogP contribution in [0, 0.1) is 11.7 Å². The van der Waals surface area contributed by atoms with Crippen molar-refractivity contribution in [1.82, 2.24) is 4.90 Å². The molecule has 1 aromatic carbocycles. The van der Waals surface area contributed by atoms with Crippen LogP contribution in [0.25, 0.3) is 0 Å². The molecule has 2 rings (SSSR count). The van der Waals surface area contributed by atoms with Gasteiger partial charge in [-0.3, -0.25) is 4.90 Å². The van der Waals surface area contributed by atoms with E-state index in [1.54, 1.807) is 6.07 Å². The van der Waals surface area contributed by atoms with Crippen LogP contribution in [0.15, 0.2) is 18.2 Å². The predicted molar refractivity (Wildman–Crippen MR) is 85.0 cm³/mol. The van der Waals surface area contributed by atoms with E-state index in [1.807, 2.05) is 6.07 Å². The quantitative estimate of drug-likeness (QED) is 0.911. The second kappa shape index (κ2) is 7.60. The number of hydrogen-bond donors (Lipinski definition) is 1. The lowest BCUT2D eigenvalue weighted by Crippen LogP contribution is -2.43. The van der Waals surface area contributed by atoms with Gasteiger partial charge in [-0.1, -0.05) is 17.7 Å². The number of likely N-dealkylation sites (tertiary alicyclic amines) is 1. The molecule has 0 aliphatic carbocycles. The maximum Gasteiger partial charge on any atom is 0.141 e. The van der Waals surface area contributed by atoms with Crippen LogP contribution < -0.4 is 5.73 Å². The van der Waals surface area contributed by atoms with E-state index >= 15 is 0 Å². The average Bonchev–Trinajstić information content (AvgIpc) is 2.41. The summed E-state index contributed by atoms with van der Waals surface area (Å²) in [7, 11) is 0. The minimum atomic E-state index is -0.357. The summed E-state index contributed by atoms with van der Waals surface area (Å²) in [5, 5.41) is 0.199. The molecule has 3 atom stereocenters. The third kappa shape index (κ3) is 4.08. The fraction of sp³-hybridized carbons (Fsp3) is 0.600. The van der Waals surface area contributed by atoms with Gasteiger partial charge in [-0.2, -0.15) is 0 Å². The van der Waals surface area contributed by atoms with Crippen molar-refractivity contribution >= 4 is 24.0 Å². The van der Waals surface area contributed by atoms with Gasteiger partial charge < -0.3 is 5.73 Å². The second-order valence-electron chi connectivity index (χ2n) is 5.61. The van der Waals surface area contributed by atoms with Crippen LogP contribution in [0.3, 0.4) is 0 Å². The number of nitrogens with two attached hydrogens (primary N) is 1. The molecule has 5 heteroatoms. The van der Waals surface area contributed by atoms with Crippen molar-refractivity contribution in [3.8, 4) is 0 Å². The monoisotopic (exact) mass is 320 g/mol. The normalized spacial score (nSPS) is 22.9. The summed E-state index contributed by atoms with van der Waals surface area (Å²) in [6, 6.07) is 5.48. The largest absolute Gasteiger partial charge is 0.328 e. The van der Waals surface area contributed by atoms with Gasteiger partial charge in [-0.05, 0) is 56.8 Å². The number of piperidine rings is 1. The molecule has 1 aliphatic heterocycles. The first-order valence-electron chi connectivity index (χ1n) is 6.93. The summed E-state index contributed by atoms with van der Waals surface area (Å²) in [5.74, 6) is 0.192. The minimum Gasteiger partial charge on any atom is -0.328 e.